The lowest BCUT2D eigenvalue weighted by atomic mass is 10.1. The highest BCUT2D eigenvalue weighted by Gasteiger charge is 2.18. The molecule has 1 aromatic carbocycles. The van der Waals surface area contributed by atoms with Crippen molar-refractivity contribution in [2.24, 2.45) is 0 Å². The molecular formula is C19H26N4O2. The van der Waals surface area contributed by atoms with E-state index < -0.39 is 0 Å². The summed E-state index contributed by atoms with van der Waals surface area (Å²) in [5.74, 6) is -0.0476. The molecule has 1 aliphatic rings. The number of nitrogens with zero attached hydrogens (tertiary/aromatic N) is 2. The monoisotopic (exact) mass is 342 g/mol. The Labute approximate surface area is 147 Å². The summed E-state index contributed by atoms with van der Waals surface area (Å²) < 4.78 is 0. The average Bonchev–Trinajstić information content (AvgIpc) is 2.64. The van der Waals surface area contributed by atoms with Crippen LogP contribution in [0.3, 0.4) is 0 Å². The Hall–Kier alpha value is -2.21. The van der Waals surface area contributed by atoms with Crippen molar-refractivity contribution in [1.82, 2.24) is 20.4 Å². The lowest BCUT2D eigenvalue weighted by Gasteiger charge is -2.30. The molecule has 1 aliphatic heterocycles. The largest absolute Gasteiger partial charge is 0.352 e. The summed E-state index contributed by atoms with van der Waals surface area (Å²) in [4.78, 5) is 26.8. The predicted molar refractivity (Wildman–Crippen MR) is 98.6 cm³/mol. The molecule has 1 aromatic heterocycles. The van der Waals surface area contributed by atoms with E-state index in [1.807, 2.05) is 18.2 Å². The summed E-state index contributed by atoms with van der Waals surface area (Å²) in [7, 11) is 0. The summed E-state index contributed by atoms with van der Waals surface area (Å²) in [5, 5.41) is 11.0. The fraction of sp³-hybridized carbons (Fsp3) is 0.526. The van der Waals surface area contributed by atoms with Crippen molar-refractivity contribution in [2.75, 3.05) is 19.6 Å². The van der Waals surface area contributed by atoms with Crippen LogP contribution in [0.4, 0.5) is 0 Å². The molecule has 6 nitrogen and oxygen atoms in total. The number of nitrogens with one attached hydrogen (secondary N) is 2. The Bertz CT molecular complexity index is 780. The van der Waals surface area contributed by atoms with Crippen LogP contribution >= 0.6 is 0 Å². The number of rotatable bonds is 6. The minimum atomic E-state index is -0.226. The number of aromatic nitrogens is 2. The molecule has 1 saturated heterocycles. The van der Waals surface area contributed by atoms with Crippen LogP contribution in [-0.4, -0.2) is 46.7 Å². The second kappa shape index (κ2) is 8.25. The summed E-state index contributed by atoms with van der Waals surface area (Å²) in [6.45, 7) is 5.25. The first kappa shape index (κ1) is 17.6. The van der Waals surface area contributed by atoms with E-state index in [1.54, 1.807) is 6.07 Å². The first-order valence-corrected chi connectivity index (χ1v) is 9.15. The van der Waals surface area contributed by atoms with Gasteiger partial charge in [-0.15, -0.1) is 0 Å². The van der Waals surface area contributed by atoms with Crippen LogP contribution in [0, 0.1) is 0 Å². The van der Waals surface area contributed by atoms with Crippen molar-refractivity contribution < 1.29 is 4.79 Å². The molecule has 25 heavy (non-hydrogen) atoms. The van der Waals surface area contributed by atoms with Gasteiger partial charge >= 0.3 is 0 Å². The smallest absolute Gasteiger partial charge is 0.272 e. The highest BCUT2D eigenvalue weighted by atomic mass is 16.1. The van der Waals surface area contributed by atoms with Crippen molar-refractivity contribution in [3.8, 4) is 0 Å². The molecule has 134 valence electrons. The molecule has 0 spiro atoms. The molecule has 0 saturated carbocycles. The molecule has 1 amide bonds. The van der Waals surface area contributed by atoms with Gasteiger partial charge in [-0.1, -0.05) is 31.5 Å². The Balaban J connectivity index is 1.65. The summed E-state index contributed by atoms with van der Waals surface area (Å²) in [6.07, 6.45) is 4.88. The van der Waals surface area contributed by atoms with Crippen molar-refractivity contribution >= 4 is 16.7 Å². The van der Waals surface area contributed by atoms with E-state index in [9.17, 15) is 9.59 Å². The van der Waals surface area contributed by atoms with Gasteiger partial charge in [-0.2, -0.15) is 5.10 Å². The van der Waals surface area contributed by atoms with E-state index in [2.05, 4.69) is 27.3 Å². The van der Waals surface area contributed by atoms with E-state index in [-0.39, 0.29) is 23.9 Å². The molecule has 6 heteroatoms. The Morgan fingerprint density at radius 2 is 1.96 bits per heavy atom. The Morgan fingerprint density at radius 1 is 1.24 bits per heavy atom. The quantitative estimate of drug-likeness (QED) is 0.840. The Morgan fingerprint density at radius 3 is 2.68 bits per heavy atom. The van der Waals surface area contributed by atoms with Gasteiger partial charge in [0.2, 0.25) is 5.91 Å². The number of likely N-dealkylation sites (tertiary alicyclic amines) is 1. The van der Waals surface area contributed by atoms with E-state index in [0.29, 0.717) is 11.1 Å². The van der Waals surface area contributed by atoms with Crippen LogP contribution in [0.1, 0.15) is 38.3 Å². The van der Waals surface area contributed by atoms with Crippen LogP contribution in [-0.2, 0) is 11.2 Å². The van der Waals surface area contributed by atoms with Gasteiger partial charge in [-0.3, -0.25) is 9.59 Å². The minimum Gasteiger partial charge on any atom is -0.352 e. The lowest BCUT2D eigenvalue weighted by molar-refractivity contribution is -0.121. The van der Waals surface area contributed by atoms with Crippen molar-refractivity contribution in [1.29, 1.82) is 0 Å². The number of fused-ring (bicyclic) bond motifs is 1. The number of aromatic amines is 1. The van der Waals surface area contributed by atoms with Gasteiger partial charge in [-0.05, 0) is 38.4 Å². The summed E-state index contributed by atoms with van der Waals surface area (Å²) >= 11 is 0. The summed E-state index contributed by atoms with van der Waals surface area (Å²) in [5.41, 5.74) is 0.386. The first-order chi connectivity index (χ1) is 12.2. The number of hydrogen-bond donors (Lipinski definition) is 2. The van der Waals surface area contributed by atoms with Gasteiger partial charge < -0.3 is 10.2 Å². The highest BCUT2D eigenvalue weighted by Crippen LogP contribution is 2.13. The predicted octanol–water partition coefficient (Wildman–Crippen LogP) is 1.85. The van der Waals surface area contributed by atoms with Crippen molar-refractivity contribution in [3.05, 3.63) is 40.3 Å². The number of carbonyl (C=O) groups excluding carboxylic acids is 1. The number of piperidine rings is 1. The van der Waals surface area contributed by atoms with Gasteiger partial charge in [0.15, 0.2) is 0 Å². The molecular weight excluding hydrogens is 316 g/mol. The molecule has 0 bridgehead atoms. The normalized spacial score (nSPS) is 16.7. The Kier molecular flexibility index (Phi) is 5.81. The summed E-state index contributed by atoms with van der Waals surface area (Å²) in [6, 6.07) is 7.41. The zero-order valence-corrected chi connectivity index (χ0v) is 14.8. The van der Waals surface area contributed by atoms with E-state index in [4.69, 9.17) is 0 Å². The van der Waals surface area contributed by atoms with Crippen molar-refractivity contribution in [2.45, 2.75) is 45.1 Å². The lowest BCUT2D eigenvalue weighted by Crippen LogP contribution is -2.45. The second-order valence-electron chi connectivity index (χ2n) is 6.76. The van der Waals surface area contributed by atoms with Crippen LogP contribution in [0.5, 0.6) is 0 Å². The number of benzene rings is 1. The average molecular weight is 342 g/mol. The van der Waals surface area contributed by atoms with E-state index >= 15 is 0 Å². The highest BCUT2D eigenvalue weighted by molar-refractivity contribution is 5.88. The minimum absolute atomic E-state index is 0.0476. The second-order valence-corrected chi connectivity index (χ2v) is 6.76. The maximum absolute atomic E-state index is 12.5. The first-order valence-electron chi connectivity index (χ1n) is 9.15. The molecule has 1 atom stereocenters. The van der Waals surface area contributed by atoms with Gasteiger partial charge in [0.1, 0.15) is 0 Å². The topological polar surface area (TPSA) is 78.1 Å². The molecule has 0 aliphatic carbocycles. The third kappa shape index (κ3) is 4.45. The maximum Gasteiger partial charge on any atom is 0.272 e. The molecule has 1 fully saturated rings. The van der Waals surface area contributed by atoms with E-state index in [0.717, 1.165) is 31.4 Å². The van der Waals surface area contributed by atoms with Gasteiger partial charge in [0, 0.05) is 18.0 Å². The molecule has 0 unspecified atom stereocenters. The molecule has 0 radical (unpaired) electrons. The van der Waals surface area contributed by atoms with Crippen molar-refractivity contribution in [3.63, 3.8) is 0 Å². The standard InChI is InChI=1S/C19H26N4O2/c1-2-14(13-23-10-6-3-7-11-23)20-18(24)12-17-15-8-4-5-9-16(15)19(25)22-21-17/h4-5,8-9,14H,2-3,6-7,10-13H2,1H3,(H,20,24)(H,22,25)/t14-/m1/s1. The zero-order chi connectivity index (χ0) is 17.6. The molecule has 2 aromatic rings. The van der Waals surface area contributed by atoms with Crippen LogP contribution < -0.4 is 10.9 Å². The fourth-order valence-corrected chi connectivity index (χ4v) is 3.47. The molecule has 3 rings (SSSR count). The third-order valence-electron chi connectivity index (χ3n) is 4.89. The fourth-order valence-electron chi connectivity index (χ4n) is 3.47. The molecule has 2 heterocycles. The number of amides is 1. The SMILES string of the molecule is CC[C@H](CN1CCCCC1)NC(=O)Cc1n[nH]c(=O)c2ccccc12. The van der Waals surface area contributed by atoms with Gasteiger partial charge in [0.05, 0.1) is 17.5 Å². The van der Waals surface area contributed by atoms with Crippen LogP contribution in [0.15, 0.2) is 29.1 Å². The number of hydrogen-bond acceptors (Lipinski definition) is 4. The van der Waals surface area contributed by atoms with Gasteiger partial charge in [-0.25, -0.2) is 5.10 Å². The van der Waals surface area contributed by atoms with Crippen LogP contribution in [0.2, 0.25) is 0 Å². The molecule has 2 N–H and O–H groups in total. The maximum atomic E-state index is 12.5. The van der Waals surface area contributed by atoms with Gasteiger partial charge in [0.25, 0.3) is 5.56 Å². The van der Waals surface area contributed by atoms with Crippen LogP contribution in [0.25, 0.3) is 10.8 Å². The number of carbonyl (C=O) groups is 1. The third-order valence-corrected chi connectivity index (χ3v) is 4.89. The van der Waals surface area contributed by atoms with E-state index in [1.165, 1.54) is 19.3 Å². The zero-order valence-electron chi connectivity index (χ0n) is 14.8. The number of H-pyrrole nitrogens is 1.